The van der Waals surface area contributed by atoms with Gasteiger partial charge in [0.05, 0.1) is 6.04 Å². The molecule has 0 spiro atoms. The molecule has 0 bridgehead atoms. The number of thioether (sulfide) groups is 1. The van der Waals surface area contributed by atoms with E-state index in [0.717, 1.165) is 25.1 Å². The monoisotopic (exact) mass is 278 g/mol. The summed E-state index contributed by atoms with van der Waals surface area (Å²) in [6.07, 6.45) is 3.90. The molecule has 0 radical (unpaired) electrons. The van der Waals surface area contributed by atoms with Crippen LogP contribution < -0.4 is 10.6 Å². The normalized spacial score (nSPS) is 19.6. The number of hydrogen-bond donors (Lipinski definition) is 2. The maximum Gasteiger partial charge on any atom is 0.237 e. The lowest BCUT2D eigenvalue weighted by Gasteiger charge is -2.26. The molecule has 1 aromatic rings. The molecule has 0 saturated heterocycles. The van der Waals surface area contributed by atoms with Crippen LogP contribution in [-0.2, 0) is 17.8 Å². The second kappa shape index (κ2) is 6.96. The van der Waals surface area contributed by atoms with Gasteiger partial charge in [-0.2, -0.15) is 11.8 Å². The molecular formula is C15H22N2OS. The van der Waals surface area contributed by atoms with E-state index < -0.39 is 0 Å². The van der Waals surface area contributed by atoms with Crippen LogP contribution in [0.3, 0.4) is 0 Å². The summed E-state index contributed by atoms with van der Waals surface area (Å²) in [4.78, 5) is 12.2. The van der Waals surface area contributed by atoms with Crippen molar-refractivity contribution in [3.05, 3.63) is 35.4 Å². The van der Waals surface area contributed by atoms with E-state index >= 15 is 0 Å². The van der Waals surface area contributed by atoms with E-state index in [1.54, 1.807) is 0 Å². The number of nitrogens with one attached hydrogen (secondary N) is 2. The first-order chi connectivity index (χ1) is 9.20. The molecular weight excluding hydrogens is 256 g/mol. The highest BCUT2D eigenvalue weighted by molar-refractivity contribution is 7.98. The summed E-state index contributed by atoms with van der Waals surface area (Å²) in [5.74, 6) is 1.21. The quantitative estimate of drug-likeness (QED) is 0.865. The third kappa shape index (κ3) is 3.98. The van der Waals surface area contributed by atoms with Gasteiger partial charge in [-0.15, -0.1) is 0 Å². The Morgan fingerprint density at radius 3 is 2.95 bits per heavy atom. The summed E-state index contributed by atoms with van der Waals surface area (Å²) in [5.41, 5.74) is 2.60. The van der Waals surface area contributed by atoms with Crippen LogP contribution in [0.15, 0.2) is 24.3 Å². The van der Waals surface area contributed by atoms with Crippen molar-refractivity contribution in [2.24, 2.45) is 0 Å². The maximum absolute atomic E-state index is 12.2. The summed E-state index contributed by atoms with van der Waals surface area (Å²) >= 11 is 1.82. The second-order valence-corrected chi connectivity index (χ2v) is 6.08. The Labute approximate surface area is 119 Å². The predicted octanol–water partition coefficient (Wildman–Crippen LogP) is 1.96. The lowest BCUT2D eigenvalue weighted by molar-refractivity contribution is -0.123. The molecule has 0 fully saturated rings. The van der Waals surface area contributed by atoms with Gasteiger partial charge in [-0.05, 0) is 42.9 Å². The van der Waals surface area contributed by atoms with Crippen molar-refractivity contribution < 1.29 is 4.79 Å². The number of benzene rings is 1. The van der Waals surface area contributed by atoms with Crippen molar-refractivity contribution in [3.63, 3.8) is 0 Å². The van der Waals surface area contributed by atoms with Crippen LogP contribution >= 0.6 is 11.8 Å². The lowest BCUT2D eigenvalue weighted by atomic mass is 9.95. The van der Waals surface area contributed by atoms with Crippen LogP contribution in [-0.4, -0.2) is 30.0 Å². The number of carbonyl (C=O) groups excluding carboxylic acids is 1. The minimum atomic E-state index is -0.0911. The van der Waals surface area contributed by atoms with Crippen molar-refractivity contribution in [1.82, 2.24) is 10.6 Å². The number of fused-ring (bicyclic) bond motifs is 1. The van der Waals surface area contributed by atoms with Crippen LogP contribution in [0.1, 0.15) is 24.5 Å². The first kappa shape index (κ1) is 14.4. The van der Waals surface area contributed by atoms with Gasteiger partial charge in [0.15, 0.2) is 0 Å². The van der Waals surface area contributed by atoms with Gasteiger partial charge < -0.3 is 10.6 Å². The number of amides is 1. The molecule has 0 saturated carbocycles. The molecule has 1 heterocycles. The van der Waals surface area contributed by atoms with Crippen LogP contribution in [0.2, 0.25) is 0 Å². The molecule has 104 valence electrons. The molecule has 1 aliphatic rings. The summed E-state index contributed by atoms with van der Waals surface area (Å²) in [6.45, 7) is 2.86. The van der Waals surface area contributed by atoms with Gasteiger partial charge in [0, 0.05) is 12.6 Å². The highest BCUT2D eigenvalue weighted by Gasteiger charge is 2.24. The number of hydrogen-bond acceptors (Lipinski definition) is 3. The zero-order chi connectivity index (χ0) is 13.7. The minimum absolute atomic E-state index is 0.0911. The van der Waals surface area contributed by atoms with Crippen LogP contribution in [0.4, 0.5) is 0 Å². The average Bonchev–Trinajstić information content (AvgIpc) is 2.44. The second-order valence-electron chi connectivity index (χ2n) is 5.10. The van der Waals surface area contributed by atoms with E-state index in [-0.39, 0.29) is 18.0 Å². The van der Waals surface area contributed by atoms with Gasteiger partial charge in [-0.3, -0.25) is 4.79 Å². The average molecular weight is 278 g/mol. The zero-order valence-corrected chi connectivity index (χ0v) is 12.4. The highest BCUT2D eigenvalue weighted by Crippen LogP contribution is 2.16. The van der Waals surface area contributed by atoms with Gasteiger partial charge in [-0.25, -0.2) is 0 Å². The first-order valence-electron chi connectivity index (χ1n) is 6.80. The Hall–Kier alpha value is -1.00. The Bertz CT molecular complexity index is 436. The SMILES string of the molecule is CSCCC(C)NC(=O)[C@@H]1Cc2ccccc2CN1. The first-order valence-corrected chi connectivity index (χ1v) is 8.19. The van der Waals surface area contributed by atoms with Crippen molar-refractivity contribution in [2.75, 3.05) is 12.0 Å². The Morgan fingerprint density at radius 1 is 1.47 bits per heavy atom. The zero-order valence-electron chi connectivity index (χ0n) is 11.6. The van der Waals surface area contributed by atoms with Crippen molar-refractivity contribution in [3.8, 4) is 0 Å². The molecule has 19 heavy (non-hydrogen) atoms. The van der Waals surface area contributed by atoms with Gasteiger partial charge >= 0.3 is 0 Å². The van der Waals surface area contributed by atoms with E-state index in [2.05, 4.69) is 35.9 Å². The van der Waals surface area contributed by atoms with Crippen molar-refractivity contribution in [2.45, 2.75) is 38.4 Å². The molecule has 4 heteroatoms. The molecule has 2 N–H and O–H groups in total. The van der Waals surface area contributed by atoms with Crippen molar-refractivity contribution in [1.29, 1.82) is 0 Å². The maximum atomic E-state index is 12.2. The fourth-order valence-corrected chi connectivity index (χ4v) is 2.94. The van der Waals surface area contributed by atoms with Gasteiger partial charge in [0.25, 0.3) is 0 Å². The summed E-state index contributed by atoms with van der Waals surface area (Å²) in [7, 11) is 0. The fourth-order valence-electron chi connectivity index (χ4n) is 2.35. The highest BCUT2D eigenvalue weighted by atomic mass is 32.2. The molecule has 2 atom stereocenters. The molecule has 1 unspecified atom stereocenters. The Balaban J connectivity index is 1.88. The minimum Gasteiger partial charge on any atom is -0.352 e. The van der Waals surface area contributed by atoms with E-state index in [4.69, 9.17) is 0 Å². The molecule has 1 aliphatic heterocycles. The number of carbonyl (C=O) groups is 1. The van der Waals surface area contributed by atoms with Crippen molar-refractivity contribution >= 4 is 17.7 Å². The van der Waals surface area contributed by atoms with E-state index in [1.807, 2.05) is 23.9 Å². The largest absolute Gasteiger partial charge is 0.352 e. The van der Waals surface area contributed by atoms with E-state index in [0.29, 0.717) is 0 Å². The summed E-state index contributed by atoms with van der Waals surface area (Å²) in [6, 6.07) is 8.49. The Kier molecular flexibility index (Phi) is 5.28. The third-order valence-corrected chi connectivity index (χ3v) is 4.19. The molecule has 1 amide bonds. The summed E-state index contributed by atoms with van der Waals surface area (Å²) < 4.78 is 0. The molecule has 0 aliphatic carbocycles. The van der Waals surface area contributed by atoms with E-state index in [9.17, 15) is 4.79 Å². The molecule has 0 aromatic heterocycles. The molecule has 3 nitrogen and oxygen atoms in total. The third-order valence-electron chi connectivity index (χ3n) is 3.54. The van der Waals surface area contributed by atoms with Gasteiger partial charge in [0.1, 0.15) is 0 Å². The molecule has 2 rings (SSSR count). The predicted molar refractivity (Wildman–Crippen MR) is 81.4 cm³/mol. The Morgan fingerprint density at radius 2 is 2.21 bits per heavy atom. The topological polar surface area (TPSA) is 41.1 Å². The summed E-state index contributed by atoms with van der Waals surface area (Å²) in [5, 5.41) is 6.42. The van der Waals surface area contributed by atoms with Crippen LogP contribution in [0.5, 0.6) is 0 Å². The lowest BCUT2D eigenvalue weighted by Crippen LogP contribution is -2.49. The van der Waals surface area contributed by atoms with Gasteiger partial charge in [0.2, 0.25) is 5.91 Å². The van der Waals surface area contributed by atoms with E-state index in [1.165, 1.54) is 11.1 Å². The van der Waals surface area contributed by atoms with Crippen LogP contribution in [0, 0.1) is 0 Å². The standard InChI is InChI=1S/C15H22N2OS/c1-11(7-8-19-2)17-15(18)14-9-12-5-3-4-6-13(12)10-16-14/h3-6,11,14,16H,7-10H2,1-2H3,(H,17,18)/t11?,14-/m0/s1. The fraction of sp³-hybridized carbons (Fsp3) is 0.533. The van der Waals surface area contributed by atoms with Gasteiger partial charge in [-0.1, -0.05) is 24.3 Å². The number of rotatable bonds is 5. The van der Waals surface area contributed by atoms with Crippen LogP contribution in [0.25, 0.3) is 0 Å². The smallest absolute Gasteiger partial charge is 0.237 e. The molecule has 1 aromatic carbocycles.